The molecule has 0 fully saturated rings. The van der Waals surface area contributed by atoms with E-state index < -0.39 is 5.97 Å². The zero-order valence-electron chi connectivity index (χ0n) is 21.0. The topological polar surface area (TPSA) is 60.7 Å². The Balaban J connectivity index is 1.43. The van der Waals surface area contributed by atoms with Crippen LogP contribution in [0.1, 0.15) is 62.4 Å². The highest BCUT2D eigenvalue weighted by molar-refractivity contribution is 6.20. The minimum absolute atomic E-state index is 0.0187. The summed E-state index contributed by atoms with van der Waals surface area (Å²) in [5.41, 5.74) is 7.69. The number of carbonyl (C=O) groups excluding carboxylic acids is 2. The van der Waals surface area contributed by atoms with E-state index in [4.69, 9.17) is 4.84 Å². The van der Waals surface area contributed by atoms with Gasteiger partial charge in [-0.05, 0) is 56.7 Å². The molecule has 5 nitrogen and oxygen atoms in total. The lowest BCUT2D eigenvalue weighted by Gasteiger charge is -2.24. The van der Waals surface area contributed by atoms with Crippen molar-refractivity contribution in [1.82, 2.24) is 4.57 Å². The number of benzene rings is 4. The molecule has 5 aromatic rings. The van der Waals surface area contributed by atoms with E-state index >= 15 is 0 Å². The van der Waals surface area contributed by atoms with Crippen molar-refractivity contribution in [3.05, 3.63) is 118 Å². The van der Waals surface area contributed by atoms with Crippen molar-refractivity contribution in [3.63, 3.8) is 0 Å². The molecule has 1 unspecified atom stereocenters. The molecule has 2 heterocycles. The third-order valence-corrected chi connectivity index (χ3v) is 7.24. The Morgan fingerprint density at radius 1 is 0.865 bits per heavy atom. The lowest BCUT2D eigenvalue weighted by molar-refractivity contribution is 0.0515. The van der Waals surface area contributed by atoms with Gasteiger partial charge in [0.2, 0.25) is 0 Å². The van der Waals surface area contributed by atoms with E-state index in [-0.39, 0.29) is 11.8 Å². The molecule has 0 radical (unpaired) electrons. The Hall–Kier alpha value is -4.51. The van der Waals surface area contributed by atoms with Crippen LogP contribution < -0.4 is 0 Å². The fourth-order valence-corrected chi connectivity index (χ4v) is 5.32. The standard InChI is InChI=1S/C32H26N2O3/c1-19-11-13-22(14-12-19)32(36)37-33-28-17-21(3)34-29-16-15-23(31(35)24-8-5-4-7-20(24)2)18-27(29)25-9-6-10-26(28)30(25)34/h4-16,18,21H,17H2,1-3H3/b33-28+. The molecule has 1 aliphatic rings. The number of rotatable bonds is 4. The van der Waals surface area contributed by atoms with E-state index in [2.05, 4.69) is 22.7 Å². The third-order valence-electron chi connectivity index (χ3n) is 7.24. The number of ketones is 1. The Bertz CT molecular complexity index is 1740. The van der Waals surface area contributed by atoms with E-state index in [1.165, 1.54) is 0 Å². The molecule has 6 rings (SSSR count). The van der Waals surface area contributed by atoms with Crippen LogP contribution >= 0.6 is 0 Å². The van der Waals surface area contributed by atoms with Crippen molar-refractivity contribution in [2.45, 2.75) is 33.2 Å². The maximum atomic E-state index is 13.3. The smallest absolute Gasteiger partial charge is 0.337 e. The Labute approximate surface area is 215 Å². The first-order chi connectivity index (χ1) is 17.9. The van der Waals surface area contributed by atoms with Gasteiger partial charge in [-0.3, -0.25) is 4.79 Å². The van der Waals surface area contributed by atoms with Gasteiger partial charge in [-0.2, -0.15) is 0 Å². The first-order valence-corrected chi connectivity index (χ1v) is 12.4. The minimum atomic E-state index is -0.474. The van der Waals surface area contributed by atoms with Crippen LogP contribution in [-0.4, -0.2) is 22.0 Å². The minimum Gasteiger partial charge on any atom is -0.337 e. The molecule has 0 saturated carbocycles. The second-order valence-electron chi connectivity index (χ2n) is 9.78. The molecule has 0 amide bonds. The summed E-state index contributed by atoms with van der Waals surface area (Å²) in [4.78, 5) is 31.3. The van der Waals surface area contributed by atoms with Crippen molar-refractivity contribution in [2.75, 3.05) is 0 Å². The number of hydrogen-bond donors (Lipinski definition) is 0. The zero-order valence-corrected chi connectivity index (χ0v) is 21.0. The SMILES string of the molecule is Cc1ccc(C(=O)O/N=C2\CC(C)n3c4ccc(C(=O)c5ccccc5C)cc4c4cccc2c43)cc1. The second-order valence-corrected chi connectivity index (χ2v) is 9.78. The average Bonchev–Trinajstić information content (AvgIpc) is 3.25. The van der Waals surface area contributed by atoms with Gasteiger partial charge in [0.15, 0.2) is 5.78 Å². The molecule has 182 valence electrons. The van der Waals surface area contributed by atoms with E-state index in [1.54, 1.807) is 12.1 Å². The quantitative estimate of drug-likeness (QED) is 0.154. The predicted octanol–water partition coefficient (Wildman–Crippen LogP) is 7.17. The number of fused-ring (bicyclic) bond motifs is 3. The van der Waals surface area contributed by atoms with Crippen molar-refractivity contribution >= 4 is 39.3 Å². The molecule has 0 saturated heterocycles. The fourth-order valence-electron chi connectivity index (χ4n) is 5.32. The summed E-state index contributed by atoms with van der Waals surface area (Å²) in [6.45, 7) is 6.07. The van der Waals surface area contributed by atoms with Crippen LogP contribution in [0.5, 0.6) is 0 Å². The second kappa shape index (κ2) is 8.86. The van der Waals surface area contributed by atoms with Gasteiger partial charge in [-0.1, -0.05) is 65.3 Å². The fraction of sp³-hybridized carbons (Fsp3) is 0.156. The molecular formula is C32H26N2O3. The van der Waals surface area contributed by atoms with Crippen LogP contribution in [0.15, 0.2) is 90.1 Å². The summed E-state index contributed by atoms with van der Waals surface area (Å²) in [7, 11) is 0. The molecule has 1 aliphatic heterocycles. The van der Waals surface area contributed by atoms with Crippen molar-refractivity contribution in [3.8, 4) is 0 Å². The predicted molar refractivity (Wildman–Crippen MR) is 147 cm³/mol. The Morgan fingerprint density at radius 2 is 1.62 bits per heavy atom. The molecule has 0 aliphatic carbocycles. The summed E-state index contributed by atoms with van der Waals surface area (Å²) in [6, 6.07) is 27.1. The molecule has 1 aromatic heterocycles. The average molecular weight is 487 g/mol. The Morgan fingerprint density at radius 3 is 2.41 bits per heavy atom. The van der Waals surface area contributed by atoms with Crippen LogP contribution in [0.25, 0.3) is 21.8 Å². The first-order valence-electron chi connectivity index (χ1n) is 12.4. The van der Waals surface area contributed by atoms with Crippen LogP contribution in [0, 0.1) is 13.8 Å². The van der Waals surface area contributed by atoms with Gasteiger partial charge in [0.1, 0.15) is 0 Å². The van der Waals surface area contributed by atoms with Gasteiger partial charge in [-0.25, -0.2) is 4.79 Å². The number of para-hydroxylation sites is 1. The molecule has 0 N–H and O–H groups in total. The first kappa shape index (κ1) is 22.9. The summed E-state index contributed by atoms with van der Waals surface area (Å²) < 4.78 is 2.31. The van der Waals surface area contributed by atoms with Gasteiger partial charge in [0.05, 0.1) is 16.8 Å². The van der Waals surface area contributed by atoms with Crippen LogP contribution in [0.4, 0.5) is 0 Å². The highest BCUT2D eigenvalue weighted by atomic mass is 16.7. The van der Waals surface area contributed by atoms with Gasteiger partial charge in [-0.15, -0.1) is 0 Å². The highest BCUT2D eigenvalue weighted by Gasteiger charge is 2.27. The summed E-state index contributed by atoms with van der Waals surface area (Å²) >= 11 is 0. The van der Waals surface area contributed by atoms with Crippen LogP contribution in [0.3, 0.4) is 0 Å². The van der Waals surface area contributed by atoms with E-state index in [1.807, 2.05) is 80.6 Å². The van der Waals surface area contributed by atoms with Crippen LogP contribution in [0.2, 0.25) is 0 Å². The summed E-state index contributed by atoms with van der Waals surface area (Å²) in [6.07, 6.45) is 0.626. The van der Waals surface area contributed by atoms with Crippen molar-refractivity contribution < 1.29 is 14.4 Å². The van der Waals surface area contributed by atoms with Gasteiger partial charge in [0.25, 0.3) is 0 Å². The summed E-state index contributed by atoms with van der Waals surface area (Å²) in [5, 5.41) is 6.40. The molecule has 5 heteroatoms. The van der Waals surface area contributed by atoms with E-state index in [9.17, 15) is 9.59 Å². The highest BCUT2D eigenvalue weighted by Crippen LogP contribution is 2.39. The number of oxime groups is 1. The maximum Gasteiger partial charge on any atom is 0.365 e. The number of hydrogen-bond acceptors (Lipinski definition) is 4. The number of aromatic nitrogens is 1. The zero-order chi connectivity index (χ0) is 25.7. The van der Waals surface area contributed by atoms with E-state index in [0.29, 0.717) is 23.1 Å². The lowest BCUT2D eigenvalue weighted by atomic mass is 9.96. The number of carbonyl (C=O) groups is 2. The van der Waals surface area contributed by atoms with Gasteiger partial charge in [0, 0.05) is 45.4 Å². The van der Waals surface area contributed by atoms with E-state index in [0.717, 1.165) is 44.2 Å². The van der Waals surface area contributed by atoms with Crippen LogP contribution in [-0.2, 0) is 4.84 Å². The Kier molecular flexibility index (Phi) is 5.49. The van der Waals surface area contributed by atoms with Gasteiger partial charge < -0.3 is 9.40 Å². The van der Waals surface area contributed by atoms with Crippen molar-refractivity contribution in [2.24, 2.45) is 5.16 Å². The summed E-state index contributed by atoms with van der Waals surface area (Å²) in [5.74, 6) is -0.456. The number of aryl methyl sites for hydroxylation is 2. The molecule has 0 spiro atoms. The molecule has 4 aromatic carbocycles. The monoisotopic (exact) mass is 486 g/mol. The van der Waals surface area contributed by atoms with Gasteiger partial charge >= 0.3 is 5.97 Å². The van der Waals surface area contributed by atoms with Crippen molar-refractivity contribution in [1.29, 1.82) is 0 Å². The molecule has 37 heavy (non-hydrogen) atoms. The maximum absolute atomic E-state index is 13.3. The largest absolute Gasteiger partial charge is 0.365 e. The third kappa shape index (κ3) is 3.84. The molecule has 0 bridgehead atoms. The molecular weight excluding hydrogens is 460 g/mol. The normalized spacial score (nSPS) is 15.9. The number of nitrogens with zero attached hydrogens (tertiary/aromatic N) is 2. The molecule has 1 atom stereocenters. The lowest BCUT2D eigenvalue weighted by Crippen LogP contribution is -2.19.